The molecule has 1 aliphatic heterocycles. The standard InChI is InChI=1S/C20H20N2O2/c1-4-22-19(23)17(15-8-6-5-7-9-15)18(20(22)24)21-16-11-13(2)10-14(3)12-16/h5-12,21H,4H2,1-3H3. The van der Waals surface area contributed by atoms with Crippen LogP contribution in [-0.4, -0.2) is 23.3 Å². The van der Waals surface area contributed by atoms with E-state index in [0.29, 0.717) is 17.8 Å². The van der Waals surface area contributed by atoms with Gasteiger partial charge in [0.05, 0.1) is 5.57 Å². The van der Waals surface area contributed by atoms with Crippen molar-refractivity contribution in [3.8, 4) is 0 Å². The monoisotopic (exact) mass is 320 g/mol. The first-order valence-electron chi connectivity index (χ1n) is 8.02. The maximum atomic E-state index is 12.7. The molecule has 0 fully saturated rings. The Hall–Kier alpha value is -2.88. The summed E-state index contributed by atoms with van der Waals surface area (Å²) >= 11 is 0. The normalized spacial score (nSPS) is 14.5. The van der Waals surface area contributed by atoms with Gasteiger partial charge in [-0.05, 0) is 49.6 Å². The van der Waals surface area contributed by atoms with E-state index in [9.17, 15) is 9.59 Å². The molecule has 2 amide bonds. The smallest absolute Gasteiger partial charge is 0.278 e. The number of carbonyl (C=O) groups excluding carboxylic acids is 2. The lowest BCUT2D eigenvalue weighted by Gasteiger charge is -2.12. The van der Waals surface area contributed by atoms with Crippen molar-refractivity contribution >= 4 is 23.1 Å². The Morgan fingerprint density at radius 2 is 1.54 bits per heavy atom. The molecule has 2 aromatic rings. The predicted octanol–water partition coefficient (Wildman–Crippen LogP) is 3.52. The van der Waals surface area contributed by atoms with Gasteiger partial charge in [-0.1, -0.05) is 36.4 Å². The van der Waals surface area contributed by atoms with E-state index < -0.39 is 0 Å². The highest BCUT2D eigenvalue weighted by molar-refractivity contribution is 6.36. The van der Waals surface area contributed by atoms with Crippen LogP contribution in [0.5, 0.6) is 0 Å². The number of carbonyl (C=O) groups is 2. The lowest BCUT2D eigenvalue weighted by molar-refractivity contribution is -0.136. The Labute approximate surface area is 141 Å². The van der Waals surface area contributed by atoms with Crippen LogP contribution >= 0.6 is 0 Å². The molecule has 0 spiro atoms. The molecule has 1 aliphatic rings. The highest BCUT2D eigenvalue weighted by Gasteiger charge is 2.38. The molecule has 0 aromatic heterocycles. The molecule has 122 valence electrons. The second-order valence-electron chi connectivity index (χ2n) is 5.97. The van der Waals surface area contributed by atoms with Crippen LogP contribution in [0.2, 0.25) is 0 Å². The maximum Gasteiger partial charge on any atom is 0.278 e. The summed E-state index contributed by atoms with van der Waals surface area (Å²) in [6, 6.07) is 15.3. The zero-order valence-electron chi connectivity index (χ0n) is 14.1. The largest absolute Gasteiger partial charge is 0.350 e. The first-order chi connectivity index (χ1) is 11.5. The number of aryl methyl sites for hydroxylation is 2. The van der Waals surface area contributed by atoms with Crippen molar-refractivity contribution in [1.82, 2.24) is 4.90 Å². The number of nitrogens with zero attached hydrogens (tertiary/aromatic N) is 1. The van der Waals surface area contributed by atoms with Gasteiger partial charge in [-0.25, -0.2) is 0 Å². The van der Waals surface area contributed by atoms with Gasteiger partial charge in [0, 0.05) is 12.2 Å². The summed E-state index contributed by atoms with van der Waals surface area (Å²) in [5.74, 6) is -0.527. The van der Waals surface area contributed by atoms with Crippen LogP contribution in [0.3, 0.4) is 0 Å². The summed E-state index contributed by atoms with van der Waals surface area (Å²) in [7, 11) is 0. The maximum absolute atomic E-state index is 12.7. The van der Waals surface area contributed by atoms with Gasteiger partial charge in [-0.15, -0.1) is 0 Å². The van der Waals surface area contributed by atoms with E-state index in [1.54, 1.807) is 6.92 Å². The van der Waals surface area contributed by atoms with E-state index in [4.69, 9.17) is 0 Å². The van der Waals surface area contributed by atoms with E-state index >= 15 is 0 Å². The lowest BCUT2D eigenvalue weighted by Crippen LogP contribution is -2.32. The summed E-state index contributed by atoms with van der Waals surface area (Å²) in [6.45, 7) is 6.17. The lowest BCUT2D eigenvalue weighted by atomic mass is 10.0. The molecule has 0 radical (unpaired) electrons. The quantitative estimate of drug-likeness (QED) is 0.877. The molecule has 1 heterocycles. The van der Waals surface area contributed by atoms with Crippen molar-refractivity contribution in [2.45, 2.75) is 20.8 Å². The summed E-state index contributed by atoms with van der Waals surface area (Å²) in [6.07, 6.45) is 0. The number of likely N-dealkylation sites (N-methyl/N-ethyl adjacent to an activating group) is 1. The summed E-state index contributed by atoms with van der Waals surface area (Å²) in [5.41, 5.74) is 4.54. The van der Waals surface area contributed by atoms with Crippen LogP contribution in [0, 0.1) is 13.8 Å². The minimum atomic E-state index is -0.277. The first kappa shape index (κ1) is 16.0. The third kappa shape index (κ3) is 2.83. The average Bonchev–Trinajstić information content (AvgIpc) is 2.77. The zero-order valence-corrected chi connectivity index (χ0v) is 14.1. The molecular weight excluding hydrogens is 300 g/mol. The third-order valence-corrected chi connectivity index (χ3v) is 4.04. The van der Waals surface area contributed by atoms with E-state index in [1.165, 1.54) is 4.90 Å². The molecule has 1 N–H and O–H groups in total. The molecule has 0 aliphatic carbocycles. The molecule has 0 bridgehead atoms. The first-order valence-corrected chi connectivity index (χ1v) is 8.02. The van der Waals surface area contributed by atoms with Gasteiger partial charge >= 0.3 is 0 Å². The minimum absolute atomic E-state index is 0.249. The van der Waals surface area contributed by atoms with Crippen LogP contribution < -0.4 is 5.32 Å². The fraction of sp³-hybridized carbons (Fsp3) is 0.200. The highest BCUT2D eigenvalue weighted by Crippen LogP contribution is 2.30. The highest BCUT2D eigenvalue weighted by atomic mass is 16.2. The van der Waals surface area contributed by atoms with E-state index in [2.05, 4.69) is 11.4 Å². The Morgan fingerprint density at radius 3 is 2.12 bits per heavy atom. The molecule has 4 heteroatoms. The van der Waals surface area contributed by atoms with Crippen molar-refractivity contribution in [2.24, 2.45) is 0 Å². The number of hydrogen-bond acceptors (Lipinski definition) is 3. The van der Waals surface area contributed by atoms with Gasteiger partial charge in [-0.2, -0.15) is 0 Å². The molecular formula is C20H20N2O2. The van der Waals surface area contributed by atoms with Crippen molar-refractivity contribution in [3.05, 3.63) is 70.9 Å². The van der Waals surface area contributed by atoms with Crippen LogP contribution in [0.25, 0.3) is 5.57 Å². The molecule has 3 rings (SSSR count). The Morgan fingerprint density at radius 1 is 0.917 bits per heavy atom. The van der Waals surface area contributed by atoms with Crippen LogP contribution in [0.1, 0.15) is 23.6 Å². The van der Waals surface area contributed by atoms with Crippen molar-refractivity contribution in [3.63, 3.8) is 0 Å². The van der Waals surface area contributed by atoms with Crippen molar-refractivity contribution in [1.29, 1.82) is 0 Å². The Balaban J connectivity index is 2.10. The molecule has 0 saturated carbocycles. The molecule has 24 heavy (non-hydrogen) atoms. The fourth-order valence-electron chi connectivity index (χ4n) is 3.04. The van der Waals surface area contributed by atoms with Gasteiger partial charge in [0.2, 0.25) is 0 Å². The summed E-state index contributed by atoms with van der Waals surface area (Å²) < 4.78 is 0. The van der Waals surface area contributed by atoms with E-state index in [-0.39, 0.29) is 11.8 Å². The third-order valence-electron chi connectivity index (χ3n) is 4.04. The summed E-state index contributed by atoms with van der Waals surface area (Å²) in [4.78, 5) is 26.6. The molecule has 0 unspecified atom stereocenters. The molecule has 4 nitrogen and oxygen atoms in total. The van der Waals surface area contributed by atoms with E-state index in [0.717, 1.165) is 22.4 Å². The van der Waals surface area contributed by atoms with Gasteiger partial charge in [0.15, 0.2) is 0 Å². The average molecular weight is 320 g/mol. The number of imide groups is 1. The molecule has 2 aromatic carbocycles. The topological polar surface area (TPSA) is 49.4 Å². The van der Waals surface area contributed by atoms with Crippen LogP contribution in [0.4, 0.5) is 5.69 Å². The van der Waals surface area contributed by atoms with Crippen molar-refractivity contribution in [2.75, 3.05) is 11.9 Å². The predicted molar refractivity (Wildman–Crippen MR) is 95.3 cm³/mol. The van der Waals surface area contributed by atoms with Crippen LogP contribution in [-0.2, 0) is 9.59 Å². The second-order valence-corrected chi connectivity index (χ2v) is 5.97. The fourth-order valence-corrected chi connectivity index (χ4v) is 3.04. The minimum Gasteiger partial charge on any atom is -0.350 e. The zero-order chi connectivity index (χ0) is 17.3. The van der Waals surface area contributed by atoms with Crippen molar-refractivity contribution < 1.29 is 9.59 Å². The number of nitrogens with one attached hydrogen (secondary N) is 1. The number of anilines is 1. The van der Waals surface area contributed by atoms with Gasteiger partial charge in [0.1, 0.15) is 5.70 Å². The number of hydrogen-bond donors (Lipinski definition) is 1. The van der Waals surface area contributed by atoms with Gasteiger partial charge in [-0.3, -0.25) is 14.5 Å². The van der Waals surface area contributed by atoms with E-state index in [1.807, 2.05) is 56.3 Å². The Kier molecular flexibility index (Phi) is 4.21. The number of rotatable bonds is 4. The number of amides is 2. The summed E-state index contributed by atoms with van der Waals surface area (Å²) in [5, 5.41) is 3.18. The second kappa shape index (κ2) is 6.32. The number of benzene rings is 2. The van der Waals surface area contributed by atoms with Gasteiger partial charge in [0.25, 0.3) is 11.8 Å². The SMILES string of the molecule is CCN1C(=O)C(Nc2cc(C)cc(C)c2)=C(c2ccccc2)C1=O. The molecule has 0 saturated heterocycles. The molecule has 0 atom stereocenters. The Bertz CT molecular complexity index is 818. The van der Waals surface area contributed by atoms with Gasteiger partial charge < -0.3 is 5.32 Å². The van der Waals surface area contributed by atoms with Crippen LogP contribution in [0.15, 0.2) is 54.2 Å².